The van der Waals surface area contributed by atoms with E-state index in [1.165, 1.54) is 14.0 Å². The maximum Gasteiger partial charge on any atom is 0.244 e. The molecule has 1 unspecified atom stereocenters. The molecule has 148 valence electrons. The van der Waals surface area contributed by atoms with Crippen LogP contribution in [0, 0.1) is 24.4 Å². The van der Waals surface area contributed by atoms with Gasteiger partial charge in [-0.3, -0.25) is 0 Å². The normalized spacial score (nSPS) is 12.8. The Bertz CT molecular complexity index is 1120. The molecule has 1 heterocycles. The van der Waals surface area contributed by atoms with Crippen molar-refractivity contribution in [2.24, 2.45) is 0 Å². The van der Waals surface area contributed by atoms with Gasteiger partial charge in [0.1, 0.15) is 22.5 Å². The van der Waals surface area contributed by atoms with Crippen LogP contribution in [0.3, 0.4) is 0 Å². The van der Waals surface area contributed by atoms with Crippen molar-refractivity contribution in [3.63, 3.8) is 0 Å². The van der Waals surface area contributed by atoms with E-state index in [0.717, 1.165) is 0 Å². The zero-order valence-corrected chi connectivity index (χ0v) is 15.4. The van der Waals surface area contributed by atoms with Crippen LogP contribution in [0.2, 0.25) is 0 Å². The van der Waals surface area contributed by atoms with Gasteiger partial charge in [0.25, 0.3) is 0 Å². The van der Waals surface area contributed by atoms with Gasteiger partial charge in [-0.25, -0.2) is 21.6 Å². The maximum atomic E-state index is 14.0. The van der Waals surface area contributed by atoms with Crippen LogP contribution >= 0.6 is 0 Å². The number of halogens is 3. The minimum Gasteiger partial charge on any atom is -0.496 e. The Balaban J connectivity index is 2.11. The van der Waals surface area contributed by atoms with Crippen LogP contribution in [-0.4, -0.2) is 25.7 Å². The van der Waals surface area contributed by atoms with E-state index in [0.29, 0.717) is 11.3 Å². The molecule has 11 heteroatoms. The molecular weight excluding hydrogens is 399 g/mol. The van der Waals surface area contributed by atoms with Gasteiger partial charge in [0.05, 0.1) is 7.11 Å². The van der Waals surface area contributed by atoms with E-state index < -0.39 is 38.4 Å². The topological polar surface area (TPSA) is 94.3 Å². The molecule has 3 aromatic rings. The number of nitrogens with zero attached hydrogens (tertiary/aromatic N) is 2. The van der Waals surface area contributed by atoms with Gasteiger partial charge in [-0.05, 0) is 12.1 Å². The van der Waals surface area contributed by atoms with E-state index in [4.69, 9.17) is 9.26 Å². The Morgan fingerprint density at radius 1 is 1.11 bits per heavy atom. The van der Waals surface area contributed by atoms with Gasteiger partial charge in [-0.15, -0.1) is 0 Å². The highest BCUT2D eigenvalue weighted by Crippen LogP contribution is 2.30. The number of sulfonamides is 1. The van der Waals surface area contributed by atoms with E-state index >= 15 is 0 Å². The van der Waals surface area contributed by atoms with Crippen LogP contribution in [0.25, 0.3) is 0 Å². The molecule has 0 saturated carbocycles. The lowest BCUT2D eigenvalue weighted by Crippen LogP contribution is -2.31. The summed E-state index contributed by atoms with van der Waals surface area (Å²) in [4.78, 5) is 2.94. The highest BCUT2D eigenvalue weighted by molar-refractivity contribution is 7.89. The standard InChI is InChI=1S/C17H14F3N3O4S/c1-9-21-17(22-27-9)16(10-5-3-4-6-14(10)26-2)23-28(24,25)15-8-12(19)11(18)7-13(15)20/h3-8,16,23H,1-2H3. The van der Waals surface area contributed by atoms with Crippen LogP contribution < -0.4 is 9.46 Å². The molecule has 0 aliphatic heterocycles. The van der Waals surface area contributed by atoms with Gasteiger partial charge >= 0.3 is 0 Å². The molecule has 0 saturated heterocycles. The van der Waals surface area contributed by atoms with E-state index in [1.807, 2.05) is 0 Å². The van der Waals surface area contributed by atoms with Crippen molar-refractivity contribution in [3.05, 3.63) is 71.1 Å². The molecule has 28 heavy (non-hydrogen) atoms. The number of methoxy groups -OCH3 is 1. The van der Waals surface area contributed by atoms with Gasteiger partial charge in [0.15, 0.2) is 17.5 Å². The molecule has 3 rings (SSSR count). The van der Waals surface area contributed by atoms with Crippen molar-refractivity contribution in [1.29, 1.82) is 0 Å². The Hall–Kier alpha value is -2.92. The Morgan fingerprint density at radius 3 is 2.43 bits per heavy atom. The molecule has 2 aromatic carbocycles. The zero-order valence-electron chi connectivity index (χ0n) is 14.6. The number of ether oxygens (including phenoxy) is 1. The smallest absolute Gasteiger partial charge is 0.244 e. The van der Waals surface area contributed by atoms with Gasteiger partial charge in [-0.1, -0.05) is 23.4 Å². The Kier molecular flexibility index (Phi) is 5.38. The number of hydrogen-bond donors (Lipinski definition) is 1. The third kappa shape index (κ3) is 3.85. The first-order chi connectivity index (χ1) is 13.2. The van der Waals surface area contributed by atoms with Gasteiger partial charge in [-0.2, -0.15) is 9.71 Å². The number of hydrogen-bond acceptors (Lipinski definition) is 6. The predicted octanol–water partition coefficient (Wildman–Crippen LogP) is 2.87. The molecule has 0 radical (unpaired) electrons. The van der Waals surface area contributed by atoms with Crippen LogP contribution in [-0.2, 0) is 10.0 Å². The van der Waals surface area contributed by atoms with E-state index in [9.17, 15) is 21.6 Å². The lowest BCUT2D eigenvalue weighted by atomic mass is 10.1. The quantitative estimate of drug-likeness (QED) is 0.625. The lowest BCUT2D eigenvalue weighted by Gasteiger charge is -2.19. The van der Waals surface area contributed by atoms with Crippen molar-refractivity contribution >= 4 is 10.0 Å². The summed E-state index contributed by atoms with van der Waals surface area (Å²) in [6.07, 6.45) is 0. The molecule has 0 fully saturated rings. The predicted molar refractivity (Wildman–Crippen MR) is 90.5 cm³/mol. The molecular formula is C17H14F3N3O4S. The van der Waals surface area contributed by atoms with Crippen LogP contribution in [0.5, 0.6) is 5.75 Å². The Morgan fingerprint density at radius 2 is 1.79 bits per heavy atom. The number of aromatic nitrogens is 2. The highest BCUT2D eigenvalue weighted by atomic mass is 32.2. The van der Waals surface area contributed by atoms with Gasteiger partial charge in [0, 0.05) is 18.6 Å². The van der Waals surface area contributed by atoms with E-state index in [-0.39, 0.29) is 23.8 Å². The van der Waals surface area contributed by atoms with Crippen molar-refractivity contribution < 1.29 is 30.8 Å². The van der Waals surface area contributed by atoms with E-state index in [1.54, 1.807) is 24.3 Å². The first-order valence-electron chi connectivity index (χ1n) is 7.83. The van der Waals surface area contributed by atoms with Crippen molar-refractivity contribution in [2.45, 2.75) is 17.9 Å². The van der Waals surface area contributed by atoms with Crippen LogP contribution in [0.4, 0.5) is 13.2 Å². The largest absolute Gasteiger partial charge is 0.496 e. The summed E-state index contributed by atoms with van der Waals surface area (Å²) < 4.78 is 78.4. The summed E-state index contributed by atoms with van der Waals surface area (Å²) >= 11 is 0. The van der Waals surface area contributed by atoms with Crippen LogP contribution in [0.15, 0.2) is 45.8 Å². The third-order valence-corrected chi connectivity index (χ3v) is 5.23. The minimum atomic E-state index is -4.65. The molecule has 0 spiro atoms. The molecule has 0 bridgehead atoms. The molecule has 7 nitrogen and oxygen atoms in total. The monoisotopic (exact) mass is 413 g/mol. The van der Waals surface area contributed by atoms with Crippen molar-refractivity contribution in [3.8, 4) is 5.75 Å². The second-order valence-corrected chi connectivity index (χ2v) is 7.35. The molecule has 1 atom stereocenters. The van der Waals surface area contributed by atoms with Crippen molar-refractivity contribution in [2.75, 3.05) is 7.11 Å². The average molecular weight is 413 g/mol. The van der Waals surface area contributed by atoms with E-state index in [2.05, 4.69) is 14.9 Å². The second kappa shape index (κ2) is 7.60. The molecule has 0 aliphatic rings. The SMILES string of the molecule is COc1ccccc1C(NS(=O)(=O)c1cc(F)c(F)cc1F)c1noc(C)n1. The fraction of sp³-hybridized carbons (Fsp3) is 0.176. The summed E-state index contributed by atoms with van der Waals surface area (Å²) in [7, 11) is -3.27. The number of nitrogens with one attached hydrogen (secondary N) is 1. The fourth-order valence-electron chi connectivity index (χ4n) is 2.52. The first-order valence-corrected chi connectivity index (χ1v) is 9.31. The summed E-state index contributed by atoms with van der Waals surface area (Å²) in [5.41, 5.74) is 0.303. The molecule has 0 aliphatic carbocycles. The number of benzene rings is 2. The average Bonchev–Trinajstić information content (AvgIpc) is 3.08. The summed E-state index contributed by atoms with van der Waals surface area (Å²) in [5, 5.41) is 3.70. The fourth-order valence-corrected chi connectivity index (χ4v) is 3.77. The third-order valence-electron chi connectivity index (χ3n) is 3.79. The first kappa shape index (κ1) is 19.8. The van der Waals surface area contributed by atoms with Gasteiger partial charge in [0.2, 0.25) is 15.9 Å². The lowest BCUT2D eigenvalue weighted by molar-refractivity contribution is 0.381. The number of aryl methyl sites for hydroxylation is 1. The molecule has 1 aromatic heterocycles. The van der Waals surface area contributed by atoms with Crippen LogP contribution in [0.1, 0.15) is 23.3 Å². The minimum absolute atomic E-state index is 0.0754. The summed E-state index contributed by atoms with van der Waals surface area (Å²) in [6.45, 7) is 1.50. The highest BCUT2D eigenvalue weighted by Gasteiger charge is 2.31. The Labute approximate surface area is 158 Å². The zero-order chi connectivity index (χ0) is 20.5. The molecule has 0 amide bonds. The second-order valence-electron chi connectivity index (χ2n) is 5.66. The summed E-state index contributed by atoms with van der Waals surface area (Å²) in [6, 6.07) is 5.55. The summed E-state index contributed by atoms with van der Waals surface area (Å²) in [5.74, 6) is -4.09. The van der Waals surface area contributed by atoms with Crippen molar-refractivity contribution in [1.82, 2.24) is 14.9 Å². The number of rotatable bonds is 6. The maximum absolute atomic E-state index is 14.0. The molecule has 1 N–H and O–H groups in total. The van der Waals surface area contributed by atoms with Gasteiger partial charge < -0.3 is 9.26 Å². The number of para-hydroxylation sites is 1.